The van der Waals surface area contributed by atoms with Gasteiger partial charge in [0.15, 0.2) is 9.84 Å². The molecule has 1 unspecified atom stereocenters. The van der Waals surface area contributed by atoms with Crippen molar-refractivity contribution < 1.29 is 13.5 Å². The van der Waals surface area contributed by atoms with E-state index in [1.165, 1.54) is 11.9 Å². The van der Waals surface area contributed by atoms with Crippen molar-refractivity contribution in [3.63, 3.8) is 0 Å². The number of aliphatic hydroxyl groups is 1. The number of nitrogens with one attached hydrogen (secondary N) is 1. The van der Waals surface area contributed by atoms with Crippen LogP contribution in [0.4, 0.5) is 0 Å². The van der Waals surface area contributed by atoms with E-state index in [0.29, 0.717) is 12.5 Å². The second-order valence-electron chi connectivity index (χ2n) is 6.44. The van der Waals surface area contributed by atoms with Gasteiger partial charge < -0.3 is 10.0 Å². The number of likely N-dealkylation sites (tertiary alicyclic amines) is 1. The molecule has 1 aromatic heterocycles. The first-order chi connectivity index (χ1) is 11.4. The van der Waals surface area contributed by atoms with Crippen molar-refractivity contribution in [2.45, 2.75) is 29.8 Å². The SMILES string of the molecule is CS(=O)(=O)c1ccc(C(O)CN2CCC(c3ccn[nH]3)CC2)cc1. The number of hydrogen-bond donors (Lipinski definition) is 2. The van der Waals surface area contributed by atoms with Crippen LogP contribution < -0.4 is 0 Å². The molecule has 0 aliphatic carbocycles. The molecule has 7 heteroatoms. The van der Waals surface area contributed by atoms with E-state index in [1.54, 1.807) is 30.5 Å². The molecule has 0 amide bonds. The Morgan fingerprint density at radius 1 is 1.25 bits per heavy atom. The molecule has 2 heterocycles. The first-order valence-electron chi connectivity index (χ1n) is 8.13. The van der Waals surface area contributed by atoms with Crippen LogP contribution in [0.5, 0.6) is 0 Å². The average Bonchev–Trinajstić information content (AvgIpc) is 3.09. The lowest BCUT2D eigenvalue weighted by Crippen LogP contribution is -2.36. The molecule has 3 rings (SSSR count). The van der Waals surface area contributed by atoms with Crippen LogP contribution in [-0.4, -0.2) is 54.5 Å². The summed E-state index contributed by atoms with van der Waals surface area (Å²) in [6.07, 6.45) is 4.44. The van der Waals surface area contributed by atoms with Gasteiger partial charge in [0.1, 0.15) is 0 Å². The number of nitrogens with zero attached hydrogens (tertiary/aromatic N) is 2. The fraction of sp³-hybridized carbons (Fsp3) is 0.471. The molecule has 1 aromatic carbocycles. The minimum atomic E-state index is -3.20. The molecule has 1 saturated heterocycles. The zero-order valence-electron chi connectivity index (χ0n) is 13.7. The molecule has 130 valence electrons. The number of benzene rings is 1. The molecule has 2 N–H and O–H groups in total. The van der Waals surface area contributed by atoms with Gasteiger partial charge in [-0.2, -0.15) is 5.10 Å². The standard InChI is InChI=1S/C17H23N3O3S/c1-24(22,23)15-4-2-14(3-5-15)17(21)12-20-10-7-13(8-11-20)16-6-9-18-19-16/h2-6,9,13,17,21H,7-8,10-12H2,1H3,(H,18,19). The molecule has 1 atom stereocenters. The van der Waals surface area contributed by atoms with Gasteiger partial charge in [0.05, 0.1) is 11.0 Å². The number of sulfone groups is 1. The Labute approximate surface area is 142 Å². The van der Waals surface area contributed by atoms with Crippen LogP contribution in [0.2, 0.25) is 0 Å². The Morgan fingerprint density at radius 2 is 1.92 bits per heavy atom. The Kier molecular flexibility index (Phi) is 5.03. The predicted molar refractivity (Wildman–Crippen MR) is 91.5 cm³/mol. The summed E-state index contributed by atoms with van der Waals surface area (Å²) in [5, 5.41) is 17.5. The largest absolute Gasteiger partial charge is 0.387 e. The van der Waals surface area contributed by atoms with Gasteiger partial charge in [0.25, 0.3) is 0 Å². The molecule has 0 bridgehead atoms. The highest BCUT2D eigenvalue weighted by molar-refractivity contribution is 7.90. The predicted octanol–water partition coefficient (Wildman–Crippen LogP) is 1.73. The first kappa shape index (κ1) is 17.1. The van der Waals surface area contributed by atoms with E-state index in [-0.39, 0.29) is 4.90 Å². The van der Waals surface area contributed by atoms with Crippen LogP contribution in [-0.2, 0) is 9.84 Å². The highest BCUT2D eigenvalue weighted by Gasteiger charge is 2.23. The van der Waals surface area contributed by atoms with Crippen LogP contribution in [0.25, 0.3) is 0 Å². The molecular weight excluding hydrogens is 326 g/mol. The average molecular weight is 349 g/mol. The highest BCUT2D eigenvalue weighted by Crippen LogP contribution is 2.27. The first-order valence-corrected chi connectivity index (χ1v) is 10.0. The molecule has 0 spiro atoms. The molecule has 24 heavy (non-hydrogen) atoms. The van der Waals surface area contributed by atoms with E-state index >= 15 is 0 Å². The lowest BCUT2D eigenvalue weighted by molar-refractivity contribution is 0.0969. The van der Waals surface area contributed by atoms with Crippen molar-refractivity contribution in [1.82, 2.24) is 15.1 Å². The quantitative estimate of drug-likeness (QED) is 0.858. The normalized spacial score (nSPS) is 18.6. The van der Waals surface area contributed by atoms with E-state index < -0.39 is 15.9 Å². The molecule has 0 radical (unpaired) electrons. The van der Waals surface area contributed by atoms with Gasteiger partial charge in [0.2, 0.25) is 0 Å². The summed E-state index contributed by atoms with van der Waals surface area (Å²) in [6, 6.07) is 8.52. The van der Waals surface area contributed by atoms with Crippen LogP contribution in [0.3, 0.4) is 0 Å². The maximum atomic E-state index is 11.5. The number of H-pyrrole nitrogens is 1. The van der Waals surface area contributed by atoms with Gasteiger partial charge in [0, 0.05) is 30.6 Å². The van der Waals surface area contributed by atoms with Crippen molar-refractivity contribution in [2.75, 3.05) is 25.9 Å². The summed E-state index contributed by atoms with van der Waals surface area (Å²) in [6.45, 7) is 2.43. The molecule has 0 saturated carbocycles. The van der Waals surface area contributed by atoms with E-state index in [4.69, 9.17) is 0 Å². The number of aromatic amines is 1. The van der Waals surface area contributed by atoms with Crippen molar-refractivity contribution in [2.24, 2.45) is 0 Å². The minimum absolute atomic E-state index is 0.277. The maximum absolute atomic E-state index is 11.5. The Bertz CT molecular complexity index is 749. The molecule has 1 aliphatic rings. The summed E-state index contributed by atoms with van der Waals surface area (Å²) in [5.41, 5.74) is 1.93. The molecule has 1 aliphatic heterocycles. The highest BCUT2D eigenvalue weighted by atomic mass is 32.2. The second-order valence-corrected chi connectivity index (χ2v) is 8.46. The van der Waals surface area contributed by atoms with Crippen LogP contribution in [0.1, 0.15) is 36.1 Å². The Hall–Kier alpha value is -1.70. The summed E-state index contributed by atoms with van der Waals surface area (Å²) >= 11 is 0. The molecule has 1 fully saturated rings. The Morgan fingerprint density at radius 3 is 2.46 bits per heavy atom. The maximum Gasteiger partial charge on any atom is 0.175 e. The third kappa shape index (κ3) is 4.03. The number of aromatic nitrogens is 2. The van der Waals surface area contributed by atoms with Gasteiger partial charge in [-0.25, -0.2) is 8.42 Å². The van der Waals surface area contributed by atoms with Crippen LogP contribution >= 0.6 is 0 Å². The smallest absolute Gasteiger partial charge is 0.175 e. The summed E-state index contributed by atoms with van der Waals surface area (Å²) in [5.74, 6) is 0.509. The Balaban J connectivity index is 1.55. The lowest BCUT2D eigenvalue weighted by Gasteiger charge is -2.32. The monoisotopic (exact) mass is 349 g/mol. The second kappa shape index (κ2) is 7.04. The van der Waals surface area contributed by atoms with Crippen LogP contribution in [0.15, 0.2) is 41.4 Å². The van der Waals surface area contributed by atoms with Crippen molar-refractivity contribution in [1.29, 1.82) is 0 Å². The van der Waals surface area contributed by atoms with Gasteiger partial charge in [-0.1, -0.05) is 12.1 Å². The summed E-state index contributed by atoms with van der Waals surface area (Å²) in [7, 11) is -3.20. The number of β-amino-alcohol motifs (C(OH)–C–C–N with tert-alkyl or cyclic N) is 1. The number of hydrogen-bond acceptors (Lipinski definition) is 5. The van der Waals surface area contributed by atoms with E-state index in [0.717, 1.165) is 31.5 Å². The topological polar surface area (TPSA) is 86.3 Å². The van der Waals surface area contributed by atoms with E-state index in [1.807, 2.05) is 6.07 Å². The fourth-order valence-electron chi connectivity index (χ4n) is 3.21. The fourth-order valence-corrected chi connectivity index (χ4v) is 3.84. The summed E-state index contributed by atoms with van der Waals surface area (Å²) < 4.78 is 23.0. The van der Waals surface area contributed by atoms with Crippen molar-refractivity contribution in [3.8, 4) is 0 Å². The van der Waals surface area contributed by atoms with Gasteiger partial charge in [-0.3, -0.25) is 5.10 Å². The lowest BCUT2D eigenvalue weighted by atomic mass is 9.93. The third-order valence-corrected chi connectivity index (χ3v) is 5.80. The van der Waals surface area contributed by atoms with Gasteiger partial charge in [-0.05, 0) is 49.7 Å². The summed E-state index contributed by atoms with van der Waals surface area (Å²) in [4.78, 5) is 2.53. The molecular formula is C17H23N3O3S. The zero-order valence-corrected chi connectivity index (χ0v) is 14.5. The van der Waals surface area contributed by atoms with Crippen molar-refractivity contribution in [3.05, 3.63) is 47.8 Å². The van der Waals surface area contributed by atoms with Crippen LogP contribution in [0, 0.1) is 0 Å². The molecule has 6 nitrogen and oxygen atoms in total. The van der Waals surface area contributed by atoms with Crippen molar-refractivity contribution >= 4 is 9.84 Å². The zero-order chi connectivity index (χ0) is 17.2. The number of piperidine rings is 1. The third-order valence-electron chi connectivity index (χ3n) is 4.67. The van der Waals surface area contributed by atoms with Gasteiger partial charge in [-0.15, -0.1) is 0 Å². The van der Waals surface area contributed by atoms with E-state index in [2.05, 4.69) is 15.1 Å². The number of aliphatic hydroxyl groups excluding tert-OH is 1. The minimum Gasteiger partial charge on any atom is -0.387 e. The number of rotatable bonds is 5. The molecule has 2 aromatic rings. The van der Waals surface area contributed by atoms with Gasteiger partial charge >= 0.3 is 0 Å². The van der Waals surface area contributed by atoms with E-state index in [9.17, 15) is 13.5 Å².